The van der Waals surface area contributed by atoms with Crippen molar-refractivity contribution in [2.75, 3.05) is 0 Å². The number of nitrogens with one attached hydrogen (secondary N) is 1. The molecule has 198 valence electrons. The molecule has 7 heteroatoms. The van der Waals surface area contributed by atoms with E-state index >= 15 is 0 Å². The molecule has 4 aromatic rings. The summed E-state index contributed by atoms with van der Waals surface area (Å²) in [6.07, 6.45) is 5.41. The second-order valence-corrected chi connectivity index (χ2v) is 10.2. The highest BCUT2D eigenvalue weighted by Gasteiger charge is 2.64. The SMILES string of the molecule is Cl.O=C1NC(=O)C2C3C(C(O)(c4ccccc4)c4ccccn4)=CC(C3=C(c3ccccc3)c3ccccn3)C12. The number of allylic oxidation sites excluding steroid dienone is 2. The number of hydrogen-bond acceptors (Lipinski definition) is 5. The first-order valence-electron chi connectivity index (χ1n) is 13.1. The van der Waals surface area contributed by atoms with Gasteiger partial charge in [-0.3, -0.25) is 24.9 Å². The van der Waals surface area contributed by atoms with Gasteiger partial charge in [-0.15, -0.1) is 12.4 Å². The van der Waals surface area contributed by atoms with Crippen LogP contribution in [-0.2, 0) is 15.2 Å². The standard InChI is InChI=1S/C33H25N3O3.ClH/c37-31-28-22-19-23(33(39,21-13-5-2-6-14-21)25-16-8-10-18-35-25)29(30(28)32(38)36-31)27(22)26(20-11-3-1-4-12-20)24-15-7-9-17-34-24;/h1-19,22,28-30,39H,(H,36,37,38);1H. The first-order chi connectivity index (χ1) is 19.1. The summed E-state index contributed by atoms with van der Waals surface area (Å²) in [5.41, 5.74) is 3.74. The second-order valence-electron chi connectivity index (χ2n) is 10.2. The minimum absolute atomic E-state index is 0. The van der Waals surface area contributed by atoms with Gasteiger partial charge in [0.05, 0.1) is 23.2 Å². The molecule has 5 atom stereocenters. The maximum absolute atomic E-state index is 13.3. The van der Waals surface area contributed by atoms with Gasteiger partial charge < -0.3 is 5.11 Å². The molecule has 2 aliphatic carbocycles. The second kappa shape index (κ2) is 9.97. The molecule has 1 saturated heterocycles. The Morgan fingerprint density at radius 1 is 0.750 bits per heavy atom. The average Bonchev–Trinajstić information content (AvgIpc) is 3.63. The zero-order valence-corrected chi connectivity index (χ0v) is 22.2. The Kier molecular flexibility index (Phi) is 6.45. The number of amides is 2. The molecular formula is C33H26ClN3O3. The molecule has 40 heavy (non-hydrogen) atoms. The number of imide groups is 1. The summed E-state index contributed by atoms with van der Waals surface area (Å²) in [6.45, 7) is 0. The van der Waals surface area contributed by atoms with Crippen molar-refractivity contribution in [1.29, 1.82) is 0 Å². The van der Waals surface area contributed by atoms with E-state index in [2.05, 4.69) is 10.3 Å². The molecule has 1 aliphatic heterocycles. The Hall–Kier alpha value is -4.39. The Morgan fingerprint density at radius 3 is 2.02 bits per heavy atom. The van der Waals surface area contributed by atoms with E-state index in [9.17, 15) is 14.7 Å². The minimum Gasteiger partial charge on any atom is -0.375 e. The molecule has 3 heterocycles. The van der Waals surface area contributed by atoms with E-state index in [4.69, 9.17) is 4.98 Å². The van der Waals surface area contributed by atoms with Crippen LogP contribution < -0.4 is 5.32 Å². The van der Waals surface area contributed by atoms with Crippen LogP contribution in [0.3, 0.4) is 0 Å². The summed E-state index contributed by atoms with van der Waals surface area (Å²) in [4.78, 5) is 35.7. The molecule has 5 unspecified atom stereocenters. The number of hydrogen-bond donors (Lipinski definition) is 2. The highest BCUT2D eigenvalue weighted by Crippen LogP contribution is 2.63. The van der Waals surface area contributed by atoms with E-state index in [-0.39, 0.29) is 30.1 Å². The molecule has 1 saturated carbocycles. The van der Waals surface area contributed by atoms with Crippen molar-refractivity contribution >= 4 is 29.8 Å². The zero-order valence-electron chi connectivity index (χ0n) is 21.3. The Labute approximate surface area is 237 Å². The molecule has 6 nitrogen and oxygen atoms in total. The summed E-state index contributed by atoms with van der Waals surface area (Å²) in [6, 6.07) is 30.6. The van der Waals surface area contributed by atoms with Gasteiger partial charge in [-0.25, -0.2) is 0 Å². The summed E-state index contributed by atoms with van der Waals surface area (Å²) in [5.74, 6) is -2.62. The highest BCUT2D eigenvalue weighted by atomic mass is 35.5. The van der Waals surface area contributed by atoms with Crippen LogP contribution in [0.25, 0.3) is 5.57 Å². The van der Waals surface area contributed by atoms with Crippen molar-refractivity contribution in [2.45, 2.75) is 5.60 Å². The number of pyridine rings is 2. The molecular weight excluding hydrogens is 522 g/mol. The van der Waals surface area contributed by atoms with Gasteiger partial charge in [0.1, 0.15) is 0 Å². The molecule has 3 aliphatic rings. The number of halogens is 1. The molecule has 2 bridgehead atoms. The normalized spacial score (nSPS) is 25.4. The smallest absolute Gasteiger partial charge is 0.231 e. The van der Waals surface area contributed by atoms with E-state index in [1.165, 1.54) is 0 Å². The van der Waals surface area contributed by atoms with E-state index in [1.807, 2.05) is 97.1 Å². The van der Waals surface area contributed by atoms with Gasteiger partial charge in [-0.1, -0.05) is 78.9 Å². The molecule has 7 rings (SSSR count). The number of nitrogens with zero attached hydrogens (tertiary/aromatic N) is 2. The number of aliphatic hydroxyl groups is 1. The number of rotatable bonds is 5. The van der Waals surface area contributed by atoms with Crippen LogP contribution in [0.2, 0.25) is 0 Å². The third-order valence-electron chi connectivity index (χ3n) is 8.29. The van der Waals surface area contributed by atoms with Crippen LogP contribution in [0.1, 0.15) is 22.5 Å². The van der Waals surface area contributed by atoms with Gasteiger partial charge in [-0.05, 0) is 46.5 Å². The van der Waals surface area contributed by atoms with Crippen LogP contribution in [0.15, 0.2) is 127 Å². The van der Waals surface area contributed by atoms with Gasteiger partial charge in [0.15, 0.2) is 5.60 Å². The van der Waals surface area contributed by atoms with E-state index in [0.29, 0.717) is 16.8 Å². The largest absolute Gasteiger partial charge is 0.375 e. The van der Waals surface area contributed by atoms with Crippen LogP contribution in [-0.4, -0.2) is 26.9 Å². The van der Waals surface area contributed by atoms with Crippen molar-refractivity contribution in [1.82, 2.24) is 15.3 Å². The van der Waals surface area contributed by atoms with E-state index in [0.717, 1.165) is 22.4 Å². The van der Waals surface area contributed by atoms with Gasteiger partial charge >= 0.3 is 0 Å². The predicted molar refractivity (Wildman–Crippen MR) is 153 cm³/mol. The number of aromatic nitrogens is 2. The number of carbonyl (C=O) groups excluding carboxylic acids is 2. The van der Waals surface area contributed by atoms with Crippen molar-refractivity contribution in [3.8, 4) is 0 Å². The lowest BCUT2D eigenvalue weighted by Gasteiger charge is -2.36. The Bertz CT molecular complexity index is 1560. The minimum atomic E-state index is -1.60. The quantitative estimate of drug-likeness (QED) is 0.279. The van der Waals surface area contributed by atoms with Gasteiger partial charge in [0, 0.05) is 29.8 Å². The number of benzene rings is 2. The monoisotopic (exact) mass is 547 g/mol. The third kappa shape index (κ3) is 3.75. The first-order valence-corrected chi connectivity index (χ1v) is 13.1. The molecule has 2 aromatic heterocycles. The number of fused-ring (bicyclic) bond motifs is 5. The lowest BCUT2D eigenvalue weighted by molar-refractivity contribution is -0.126. The lowest BCUT2D eigenvalue weighted by Crippen LogP contribution is -2.38. The molecule has 2 aromatic carbocycles. The van der Waals surface area contributed by atoms with Crippen LogP contribution in [0.4, 0.5) is 0 Å². The highest BCUT2D eigenvalue weighted by molar-refractivity contribution is 6.08. The predicted octanol–water partition coefficient (Wildman–Crippen LogP) is 4.71. The molecule has 0 spiro atoms. The van der Waals surface area contributed by atoms with Gasteiger partial charge in [-0.2, -0.15) is 0 Å². The summed E-state index contributed by atoms with van der Waals surface area (Å²) in [5, 5.41) is 15.3. The first kappa shape index (κ1) is 25.9. The van der Waals surface area contributed by atoms with Crippen LogP contribution >= 0.6 is 12.4 Å². The third-order valence-corrected chi connectivity index (χ3v) is 8.29. The molecule has 2 N–H and O–H groups in total. The Morgan fingerprint density at radius 2 is 1.38 bits per heavy atom. The van der Waals surface area contributed by atoms with Gasteiger partial charge in [0.25, 0.3) is 0 Å². The molecule has 2 amide bonds. The van der Waals surface area contributed by atoms with E-state index < -0.39 is 23.4 Å². The van der Waals surface area contributed by atoms with Crippen LogP contribution in [0, 0.1) is 23.7 Å². The number of carbonyl (C=O) groups is 2. The summed E-state index contributed by atoms with van der Waals surface area (Å²) >= 11 is 0. The average molecular weight is 548 g/mol. The van der Waals surface area contributed by atoms with Crippen LogP contribution in [0.5, 0.6) is 0 Å². The maximum Gasteiger partial charge on any atom is 0.231 e. The topological polar surface area (TPSA) is 92.2 Å². The fourth-order valence-corrected chi connectivity index (χ4v) is 6.77. The van der Waals surface area contributed by atoms with Crippen molar-refractivity contribution in [3.63, 3.8) is 0 Å². The van der Waals surface area contributed by atoms with E-state index in [1.54, 1.807) is 18.5 Å². The summed E-state index contributed by atoms with van der Waals surface area (Å²) in [7, 11) is 0. The van der Waals surface area contributed by atoms with Gasteiger partial charge in [0.2, 0.25) is 11.8 Å². The van der Waals surface area contributed by atoms with Crippen molar-refractivity contribution < 1.29 is 14.7 Å². The fourth-order valence-electron chi connectivity index (χ4n) is 6.77. The fraction of sp³-hybridized carbons (Fsp3) is 0.152. The summed E-state index contributed by atoms with van der Waals surface area (Å²) < 4.78 is 0. The van der Waals surface area contributed by atoms with Crippen molar-refractivity contribution in [3.05, 3.63) is 149 Å². The lowest BCUT2D eigenvalue weighted by atomic mass is 9.71. The maximum atomic E-state index is 13.3. The molecule has 0 radical (unpaired) electrons. The molecule has 2 fully saturated rings. The Balaban J connectivity index is 0.00000289. The van der Waals surface area contributed by atoms with Crippen molar-refractivity contribution in [2.24, 2.45) is 23.7 Å². The zero-order chi connectivity index (χ0) is 26.6.